The molecular weight excluding hydrogens is 440 g/mol. The van der Waals surface area contributed by atoms with Gasteiger partial charge in [0.2, 0.25) is 0 Å². The molecule has 0 atom stereocenters. The van der Waals surface area contributed by atoms with Crippen molar-refractivity contribution in [3.8, 4) is 0 Å². The molecule has 0 saturated carbocycles. The Kier molecular flexibility index (Phi) is 30.6. The minimum atomic E-state index is 0. The zero-order chi connectivity index (χ0) is 21.7. The third-order valence-electron chi connectivity index (χ3n) is 3.73. The van der Waals surface area contributed by atoms with E-state index in [1.54, 1.807) is 0 Å². The minimum absolute atomic E-state index is 0. The van der Waals surface area contributed by atoms with Gasteiger partial charge >= 0.3 is 26.2 Å². The summed E-state index contributed by atoms with van der Waals surface area (Å²) in [4.78, 5) is 0. The van der Waals surface area contributed by atoms with E-state index in [4.69, 9.17) is 10.2 Å². The summed E-state index contributed by atoms with van der Waals surface area (Å²) in [6.45, 7) is 15.3. The van der Waals surface area contributed by atoms with Crippen LogP contribution in [0.1, 0.15) is 47.5 Å². The van der Waals surface area contributed by atoms with Crippen LogP contribution in [0.3, 0.4) is 0 Å². The van der Waals surface area contributed by atoms with Crippen LogP contribution in [0.2, 0.25) is 13.1 Å². The molecule has 1 radical (unpaired) electrons. The maximum Gasteiger partial charge on any atom is 2.00 e. The zero-order valence-electron chi connectivity index (χ0n) is 19.3. The standard InChI is InChI=1S/C10H15.2C5H5.C2H7Si.2CH3O.Zr/c1-7-6-10(4,5)9(3)8(7)2;2*1-2-4-5-3-1;1-3-2;2*1-2;/h1-5H3;2*1-3H,4H2;3H,1-2H3;2*1H3;/q3*-1;;2*-1;+2. The Labute approximate surface area is 196 Å². The second-order valence-corrected chi connectivity index (χ2v) is 7.36. The van der Waals surface area contributed by atoms with E-state index in [2.05, 4.69) is 78.1 Å². The summed E-state index contributed by atoms with van der Waals surface area (Å²) < 4.78 is 0. The van der Waals surface area contributed by atoms with Crippen LogP contribution in [0.4, 0.5) is 0 Å². The van der Waals surface area contributed by atoms with Crippen molar-refractivity contribution < 1.29 is 36.4 Å². The van der Waals surface area contributed by atoms with Gasteiger partial charge in [0, 0.05) is 9.52 Å². The van der Waals surface area contributed by atoms with E-state index in [0.717, 1.165) is 36.6 Å². The molecule has 0 aromatic carbocycles. The molecule has 0 aromatic rings. The first-order valence-corrected chi connectivity index (χ1v) is 11.5. The van der Waals surface area contributed by atoms with Gasteiger partial charge in [-0.15, -0.1) is 19.8 Å². The molecule has 2 nitrogen and oxygen atoms in total. The van der Waals surface area contributed by atoms with E-state index in [1.807, 2.05) is 24.3 Å². The van der Waals surface area contributed by atoms with Gasteiger partial charge in [0.1, 0.15) is 0 Å². The second-order valence-electron chi connectivity index (χ2n) is 6.21. The fourth-order valence-electron chi connectivity index (χ4n) is 2.09. The molecule has 0 bridgehead atoms. The summed E-state index contributed by atoms with van der Waals surface area (Å²) in [6, 6.07) is 0. The number of allylic oxidation sites excluding steroid dienone is 12. The third kappa shape index (κ3) is 18.8. The molecular formula is C24H38O2SiZr-3. The molecule has 3 aliphatic rings. The smallest absolute Gasteiger partial charge is 0.857 e. The quantitative estimate of drug-likeness (QED) is 0.388. The molecule has 28 heavy (non-hydrogen) atoms. The van der Waals surface area contributed by atoms with Gasteiger partial charge in [-0.2, -0.15) is 37.5 Å². The first-order valence-electron chi connectivity index (χ1n) is 9.16. The van der Waals surface area contributed by atoms with Crippen molar-refractivity contribution in [2.45, 2.75) is 60.6 Å². The molecule has 0 aromatic heterocycles. The van der Waals surface area contributed by atoms with Gasteiger partial charge in [0.25, 0.3) is 0 Å². The zero-order valence-corrected chi connectivity index (χ0v) is 22.9. The van der Waals surface area contributed by atoms with Gasteiger partial charge in [0.15, 0.2) is 0 Å². The van der Waals surface area contributed by atoms with Crippen molar-refractivity contribution in [3.05, 3.63) is 71.4 Å². The summed E-state index contributed by atoms with van der Waals surface area (Å²) in [7, 11) is 2.25. The first kappa shape index (κ1) is 34.9. The van der Waals surface area contributed by atoms with E-state index in [-0.39, 0.29) is 31.6 Å². The van der Waals surface area contributed by atoms with Crippen molar-refractivity contribution >= 4 is 9.52 Å². The van der Waals surface area contributed by atoms with Gasteiger partial charge in [-0.25, -0.2) is 29.9 Å². The monoisotopic (exact) mass is 476 g/mol. The molecule has 0 N–H and O–H groups in total. The van der Waals surface area contributed by atoms with Crippen LogP contribution in [0, 0.1) is 23.6 Å². The molecule has 0 spiro atoms. The second kappa shape index (κ2) is 24.5. The first-order chi connectivity index (χ1) is 12.9. The van der Waals surface area contributed by atoms with Crippen molar-refractivity contribution in [1.82, 2.24) is 0 Å². The molecule has 0 heterocycles. The number of hydrogen-bond acceptors (Lipinski definition) is 2. The van der Waals surface area contributed by atoms with Crippen LogP contribution < -0.4 is 10.2 Å². The summed E-state index contributed by atoms with van der Waals surface area (Å²) in [6.07, 6.45) is 23.4. The van der Waals surface area contributed by atoms with E-state index >= 15 is 0 Å². The van der Waals surface area contributed by atoms with Crippen molar-refractivity contribution in [2.24, 2.45) is 5.41 Å². The fourth-order valence-corrected chi connectivity index (χ4v) is 2.09. The van der Waals surface area contributed by atoms with Crippen LogP contribution in [0.25, 0.3) is 0 Å². The Morgan fingerprint density at radius 3 is 1.29 bits per heavy atom. The van der Waals surface area contributed by atoms with Crippen LogP contribution in [-0.2, 0) is 26.2 Å². The molecule has 4 heteroatoms. The van der Waals surface area contributed by atoms with Crippen LogP contribution in [-0.4, -0.2) is 23.7 Å². The maximum atomic E-state index is 8.25. The summed E-state index contributed by atoms with van der Waals surface area (Å²) in [5.74, 6) is 0. The van der Waals surface area contributed by atoms with Crippen LogP contribution in [0.15, 0.2) is 53.2 Å². The van der Waals surface area contributed by atoms with Gasteiger partial charge in [-0.3, -0.25) is 18.2 Å². The Morgan fingerprint density at radius 2 is 1.21 bits per heavy atom. The summed E-state index contributed by atoms with van der Waals surface area (Å²) >= 11 is 0. The van der Waals surface area contributed by atoms with Crippen LogP contribution in [0.5, 0.6) is 0 Å². The van der Waals surface area contributed by atoms with Gasteiger partial charge < -0.3 is 10.2 Å². The van der Waals surface area contributed by atoms with Gasteiger partial charge in [-0.05, 0) is 0 Å². The van der Waals surface area contributed by atoms with E-state index < -0.39 is 0 Å². The Morgan fingerprint density at radius 1 is 0.857 bits per heavy atom. The number of rotatable bonds is 0. The predicted octanol–water partition coefficient (Wildman–Crippen LogP) is 4.19. The Bertz CT molecular complexity index is 483. The molecule has 3 aliphatic carbocycles. The Balaban J connectivity index is -0.000000138. The van der Waals surface area contributed by atoms with E-state index in [9.17, 15) is 0 Å². The van der Waals surface area contributed by atoms with Crippen molar-refractivity contribution in [1.29, 1.82) is 0 Å². The molecule has 0 fully saturated rings. The van der Waals surface area contributed by atoms with Crippen molar-refractivity contribution in [2.75, 3.05) is 14.2 Å². The normalized spacial score (nSPS) is 15.8. The third-order valence-corrected chi connectivity index (χ3v) is 3.73. The fraction of sp³-hybridized carbons (Fsp3) is 0.500. The summed E-state index contributed by atoms with van der Waals surface area (Å²) in [5, 5.41) is 16.5. The minimum Gasteiger partial charge on any atom is -0.857 e. The molecule has 3 rings (SSSR count). The SMILES string of the molecule is CC1=[C-]C(C)(C)C(C)=C1C.C[O-].C[O-].C[SiH]C.[C-]1=CC=CC1.[C-]1=CC=CC1.[Zr+2]. The van der Waals surface area contributed by atoms with Crippen molar-refractivity contribution in [3.63, 3.8) is 0 Å². The number of hydrogen-bond donors (Lipinski definition) is 0. The average Bonchev–Trinajstić information content (AvgIpc) is 3.44. The molecule has 0 unspecified atom stereocenters. The topological polar surface area (TPSA) is 46.1 Å². The summed E-state index contributed by atoms with van der Waals surface area (Å²) in [5.41, 5.74) is 4.39. The molecule has 0 amide bonds. The largest absolute Gasteiger partial charge is 2.00 e. The van der Waals surface area contributed by atoms with E-state index in [0.29, 0.717) is 0 Å². The molecule has 157 valence electrons. The van der Waals surface area contributed by atoms with Gasteiger partial charge in [-0.1, -0.05) is 46.2 Å². The predicted molar refractivity (Wildman–Crippen MR) is 118 cm³/mol. The molecule has 0 aliphatic heterocycles. The van der Waals surface area contributed by atoms with Gasteiger partial charge in [0.05, 0.1) is 0 Å². The van der Waals surface area contributed by atoms with E-state index in [1.165, 1.54) is 16.7 Å². The van der Waals surface area contributed by atoms with Crippen LogP contribution >= 0.6 is 0 Å². The average molecular weight is 478 g/mol. The molecule has 0 saturated heterocycles. The Hall–Kier alpha value is -0.540. The maximum absolute atomic E-state index is 8.25.